The maximum atomic E-state index is 13.1. The van der Waals surface area contributed by atoms with Gasteiger partial charge >= 0.3 is 7.12 Å². The fourth-order valence-corrected chi connectivity index (χ4v) is 3.80. The van der Waals surface area contributed by atoms with Crippen molar-refractivity contribution >= 4 is 24.6 Å². The molecule has 4 N–H and O–H groups in total. The summed E-state index contributed by atoms with van der Waals surface area (Å²) in [6.07, 6.45) is 3.21. The Hall–Kier alpha value is -3.24. The van der Waals surface area contributed by atoms with Crippen LogP contribution >= 0.6 is 0 Å². The molecule has 0 radical (unpaired) electrons. The van der Waals surface area contributed by atoms with Gasteiger partial charge in [-0.3, -0.25) is 19.7 Å². The van der Waals surface area contributed by atoms with E-state index < -0.39 is 24.0 Å². The second kappa shape index (κ2) is 10.2. The summed E-state index contributed by atoms with van der Waals surface area (Å²) in [6, 6.07) is 10.5. The van der Waals surface area contributed by atoms with Gasteiger partial charge in [0.1, 0.15) is 0 Å². The fraction of sp³-hybridized carbons (Fsp3) is 0.333. The molecule has 2 aromatic rings. The van der Waals surface area contributed by atoms with E-state index in [4.69, 9.17) is 10.0 Å². The monoisotopic (exact) mass is 425 g/mol. The number of nitrogens with one attached hydrogen (secondary N) is 2. The number of carbonyl (C=O) groups excluding carboxylic acids is 2. The Labute approximate surface area is 179 Å². The third kappa shape index (κ3) is 5.90. The smallest absolute Gasteiger partial charge is 0.426 e. The van der Waals surface area contributed by atoms with Crippen molar-refractivity contribution in [1.82, 2.24) is 10.6 Å². The molecule has 162 valence electrons. The van der Waals surface area contributed by atoms with Crippen LogP contribution in [0.2, 0.25) is 0 Å². The van der Waals surface area contributed by atoms with E-state index in [9.17, 15) is 19.7 Å². The number of nitro groups is 1. The van der Waals surface area contributed by atoms with E-state index in [-0.39, 0.29) is 24.5 Å². The highest BCUT2D eigenvalue weighted by molar-refractivity contribution is 6.41. The Morgan fingerprint density at radius 2 is 1.87 bits per heavy atom. The molecule has 0 saturated carbocycles. The molecule has 9 nitrogen and oxygen atoms in total. The summed E-state index contributed by atoms with van der Waals surface area (Å²) in [5.41, 5.74) is 2.93. The van der Waals surface area contributed by atoms with Crippen LogP contribution in [-0.4, -0.2) is 40.3 Å². The maximum absolute atomic E-state index is 13.1. The van der Waals surface area contributed by atoms with E-state index in [1.54, 1.807) is 12.1 Å². The number of hydrogen-bond acceptors (Lipinski definition) is 6. The summed E-state index contributed by atoms with van der Waals surface area (Å²) in [4.78, 5) is 36.0. The van der Waals surface area contributed by atoms with Gasteiger partial charge < -0.3 is 20.7 Å². The Balaban J connectivity index is 1.86. The van der Waals surface area contributed by atoms with Gasteiger partial charge in [-0.25, -0.2) is 0 Å². The lowest BCUT2D eigenvalue weighted by Crippen LogP contribution is -2.38. The number of benzene rings is 2. The molecule has 31 heavy (non-hydrogen) atoms. The van der Waals surface area contributed by atoms with E-state index in [1.165, 1.54) is 18.2 Å². The quantitative estimate of drug-likeness (QED) is 0.287. The minimum atomic E-state index is -1.70. The number of fused-ring (bicyclic) bond motifs is 1. The van der Waals surface area contributed by atoms with E-state index in [2.05, 4.69) is 10.6 Å². The van der Waals surface area contributed by atoms with Gasteiger partial charge in [0, 0.05) is 17.7 Å². The van der Waals surface area contributed by atoms with Crippen LogP contribution in [0.5, 0.6) is 0 Å². The summed E-state index contributed by atoms with van der Waals surface area (Å²) < 4.78 is 0. The first-order chi connectivity index (χ1) is 14.8. The van der Waals surface area contributed by atoms with Gasteiger partial charge in [-0.1, -0.05) is 24.3 Å². The van der Waals surface area contributed by atoms with Gasteiger partial charge in [-0.15, -0.1) is 0 Å². The first-order valence-electron chi connectivity index (χ1n) is 10.1. The van der Waals surface area contributed by atoms with Crippen LogP contribution in [0.4, 0.5) is 5.69 Å². The number of rotatable bonds is 8. The topological polar surface area (TPSA) is 142 Å². The number of hydrogen-bond donors (Lipinski definition) is 4. The fourth-order valence-electron chi connectivity index (χ4n) is 3.80. The highest BCUT2D eigenvalue weighted by Crippen LogP contribution is 2.26. The van der Waals surface area contributed by atoms with E-state index >= 15 is 0 Å². The molecule has 2 amide bonds. The Kier molecular flexibility index (Phi) is 7.38. The van der Waals surface area contributed by atoms with Crippen LogP contribution < -0.4 is 10.6 Å². The molecule has 0 heterocycles. The zero-order valence-electron chi connectivity index (χ0n) is 16.9. The first-order valence-corrected chi connectivity index (χ1v) is 10.1. The molecular weight excluding hydrogens is 401 g/mol. The minimum Gasteiger partial charge on any atom is -0.426 e. The van der Waals surface area contributed by atoms with Gasteiger partial charge in [-0.05, 0) is 48.4 Å². The molecule has 10 heteroatoms. The molecule has 2 aromatic carbocycles. The predicted molar refractivity (Wildman–Crippen MR) is 114 cm³/mol. The molecule has 0 saturated heterocycles. The third-order valence-corrected chi connectivity index (χ3v) is 5.30. The lowest BCUT2D eigenvalue weighted by atomic mass is 9.88. The van der Waals surface area contributed by atoms with Crippen molar-refractivity contribution in [2.24, 2.45) is 0 Å². The van der Waals surface area contributed by atoms with Gasteiger partial charge in [-0.2, -0.15) is 0 Å². The second-order valence-electron chi connectivity index (χ2n) is 7.52. The molecule has 0 spiro atoms. The summed E-state index contributed by atoms with van der Waals surface area (Å²) in [5, 5.41) is 34.3. The van der Waals surface area contributed by atoms with Crippen molar-refractivity contribution in [3.8, 4) is 0 Å². The minimum absolute atomic E-state index is 0.153. The maximum Gasteiger partial charge on any atom is 0.472 e. The molecule has 1 aliphatic rings. The normalized spacial score (nSPS) is 13.6. The second-order valence-corrected chi connectivity index (χ2v) is 7.52. The number of non-ortho nitro benzene ring substituents is 1. The SMILES string of the molecule is O=C(CC(NC(=O)c1cccc2c1CCCC2)c1cccc([N+](=O)[O-])c1)NCB(O)O. The van der Waals surface area contributed by atoms with Gasteiger partial charge in [0.15, 0.2) is 0 Å². The van der Waals surface area contributed by atoms with Gasteiger partial charge in [0.2, 0.25) is 5.91 Å². The Bertz CT molecular complexity index is 981. The number of nitro benzene ring substituents is 1. The van der Waals surface area contributed by atoms with Crippen molar-refractivity contribution in [1.29, 1.82) is 0 Å². The molecule has 1 aliphatic carbocycles. The lowest BCUT2D eigenvalue weighted by molar-refractivity contribution is -0.384. The number of carbonyl (C=O) groups is 2. The first kappa shape index (κ1) is 22.5. The number of nitrogens with zero attached hydrogens (tertiary/aromatic N) is 1. The molecular formula is C21H24BN3O6. The Morgan fingerprint density at radius 1 is 1.13 bits per heavy atom. The molecule has 1 atom stereocenters. The van der Waals surface area contributed by atoms with Crippen molar-refractivity contribution in [2.45, 2.75) is 38.1 Å². The predicted octanol–water partition coefficient (Wildman–Crippen LogP) is 1.46. The largest absolute Gasteiger partial charge is 0.472 e. The van der Waals surface area contributed by atoms with Crippen molar-refractivity contribution in [3.63, 3.8) is 0 Å². The third-order valence-electron chi connectivity index (χ3n) is 5.30. The van der Waals surface area contributed by atoms with Crippen LogP contribution in [0, 0.1) is 10.1 Å². The number of aryl methyl sites for hydroxylation is 1. The summed E-state index contributed by atoms with van der Waals surface area (Å²) in [6.45, 7) is 0. The molecule has 3 rings (SSSR count). The summed E-state index contributed by atoms with van der Waals surface area (Å²) in [5.74, 6) is -0.884. The molecule has 0 bridgehead atoms. The molecule has 1 unspecified atom stereocenters. The van der Waals surface area contributed by atoms with E-state index in [0.717, 1.165) is 36.8 Å². The zero-order valence-corrected chi connectivity index (χ0v) is 16.9. The van der Waals surface area contributed by atoms with E-state index in [0.29, 0.717) is 11.1 Å². The van der Waals surface area contributed by atoms with Gasteiger partial charge in [0.05, 0.1) is 23.8 Å². The highest BCUT2D eigenvalue weighted by Gasteiger charge is 2.24. The molecule has 0 aliphatic heterocycles. The average Bonchev–Trinajstić information content (AvgIpc) is 2.76. The van der Waals surface area contributed by atoms with Crippen LogP contribution in [0.25, 0.3) is 0 Å². The average molecular weight is 425 g/mol. The van der Waals surface area contributed by atoms with E-state index in [1.807, 2.05) is 12.1 Å². The van der Waals surface area contributed by atoms with Crippen LogP contribution in [-0.2, 0) is 17.6 Å². The van der Waals surface area contributed by atoms with Crippen molar-refractivity contribution in [2.75, 3.05) is 6.44 Å². The highest BCUT2D eigenvalue weighted by atomic mass is 16.6. The Morgan fingerprint density at radius 3 is 2.61 bits per heavy atom. The van der Waals surface area contributed by atoms with Crippen LogP contribution in [0.3, 0.4) is 0 Å². The molecule has 0 fully saturated rings. The lowest BCUT2D eigenvalue weighted by Gasteiger charge is -2.22. The number of amides is 2. The van der Waals surface area contributed by atoms with Crippen LogP contribution in [0.1, 0.15) is 52.4 Å². The summed E-state index contributed by atoms with van der Waals surface area (Å²) >= 11 is 0. The zero-order chi connectivity index (χ0) is 22.4. The molecule has 0 aromatic heterocycles. The summed E-state index contributed by atoms with van der Waals surface area (Å²) in [7, 11) is -1.70. The van der Waals surface area contributed by atoms with Crippen molar-refractivity contribution < 1.29 is 24.6 Å². The standard InChI is InChI=1S/C21H24BN3O6/c26-20(23-13-22(28)29)12-19(15-7-3-8-16(11-15)25(30)31)24-21(27)18-10-4-6-14-5-1-2-9-17(14)18/h3-4,6-8,10-11,19,28-29H,1-2,5,9,12-13H2,(H,23,26)(H,24,27). The van der Waals surface area contributed by atoms with Crippen molar-refractivity contribution in [3.05, 3.63) is 74.8 Å². The van der Waals surface area contributed by atoms with Gasteiger partial charge in [0.25, 0.3) is 11.6 Å². The van der Waals surface area contributed by atoms with Crippen LogP contribution in [0.15, 0.2) is 42.5 Å².